The van der Waals surface area contributed by atoms with Crippen LogP contribution >= 0.6 is 0 Å². The first-order chi connectivity index (χ1) is 15.2. The van der Waals surface area contributed by atoms with Gasteiger partial charge in [-0.2, -0.15) is 4.98 Å². The zero-order valence-corrected chi connectivity index (χ0v) is 18.3. The molecule has 2 aliphatic rings. The van der Waals surface area contributed by atoms with Gasteiger partial charge in [0.15, 0.2) is 5.75 Å². The molecule has 1 aromatic heterocycles. The lowest BCUT2D eigenvalue weighted by molar-refractivity contribution is 0.122. The number of anilines is 3. The van der Waals surface area contributed by atoms with Crippen molar-refractivity contribution in [1.82, 2.24) is 9.97 Å². The van der Waals surface area contributed by atoms with E-state index in [0.717, 1.165) is 51.4 Å². The van der Waals surface area contributed by atoms with Gasteiger partial charge in [-0.1, -0.05) is 0 Å². The second-order valence-corrected chi connectivity index (χ2v) is 8.27. The molecule has 168 valence electrons. The van der Waals surface area contributed by atoms with Crippen molar-refractivity contribution in [2.45, 2.75) is 25.7 Å². The molecule has 8 nitrogen and oxygen atoms in total. The third-order valence-corrected chi connectivity index (χ3v) is 6.20. The normalized spacial score (nSPS) is 21.5. The highest BCUT2D eigenvalue weighted by Gasteiger charge is 2.21. The minimum atomic E-state index is 0.478. The Balaban J connectivity index is 1.36. The summed E-state index contributed by atoms with van der Waals surface area (Å²) in [5.41, 5.74) is 7.92. The first-order valence-corrected chi connectivity index (χ1v) is 11.2. The van der Waals surface area contributed by atoms with Crippen molar-refractivity contribution >= 4 is 17.3 Å². The number of nitrogens with two attached hydrogens (primary N) is 1. The molecule has 0 radical (unpaired) electrons. The molecule has 0 spiro atoms. The second kappa shape index (κ2) is 10.6. The molecule has 1 saturated carbocycles. The maximum atomic E-state index is 6.05. The Morgan fingerprint density at radius 3 is 2.48 bits per heavy atom. The zero-order valence-electron chi connectivity index (χ0n) is 18.3. The number of benzene rings is 1. The molecule has 2 heterocycles. The lowest BCUT2D eigenvalue weighted by atomic mass is 9.82. The van der Waals surface area contributed by atoms with E-state index in [1.807, 2.05) is 12.1 Å². The number of methoxy groups -OCH3 is 1. The summed E-state index contributed by atoms with van der Waals surface area (Å²) < 4.78 is 16.9. The molecular weight excluding hydrogens is 394 g/mol. The fourth-order valence-electron chi connectivity index (χ4n) is 4.20. The van der Waals surface area contributed by atoms with Gasteiger partial charge in [-0.05, 0) is 68.3 Å². The van der Waals surface area contributed by atoms with E-state index in [9.17, 15) is 0 Å². The molecule has 31 heavy (non-hydrogen) atoms. The fraction of sp³-hybridized carbons (Fsp3) is 0.565. The molecule has 2 aromatic rings. The zero-order chi connectivity index (χ0) is 21.5. The predicted molar refractivity (Wildman–Crippen MR) is 121 cm³/mol. The van der Waals surface area contributed by atoms with Crippen LogP contribution in [-0.2, 0) is 4.74 Å². The van der Waals surface area contributed by atoms with Crippen LogP contribution in [0.3, 0.4) is 0 Å². The quantitative estimate of drug-likeness (QED) is 0.663. The monoisotopic (exact) mass is 427 g/mol. The van der Waals surface area contributed by atoms with E-state index in [4.69, 9.17) is 19.9 Å². The number of hydrogen-bond donors (Lipinski definition) is 2. The standard InChI is InChI=1S/C23H33N5O3/c1-29-21-15-25-23(27-22(21)31-16-18-4-2-17(14-24)3-5-18)26-19-6-8-20(9-7-19)28-10-12-30-13-11-28/h6-9,15,17-18H,2-5,10-14,16,24H2,1H3,(H,25,26,27)/t17-,18-. The summed E-state index contributed by atoms with van der Waals surface area (Å²) in [7, 11) is 1.61. The number of aromatic nitrogens is 2. The number of nitrogens with zero attached hydrogens (tertiary/aromatic N) is 3. The molecular formula is C23H33N5O3. The average Bonchev–Trinajstić information content (AvgIpc) is 2.84. The molecule has 1 aliphatic carbocycles. The van der Waals surface area contributed by atoms with Crippen LogP contribution in [-0.4, -0.2) is 56.5 Å². The van der Waals surface area contributed by atoms with Gasteiger partial charge in [0, 0.05) is 24.5 Å². The van der Waals surface area contributed by atoms with Gasteiger partial charge in [0.2, 0.25) is 5.95 Å². The lowest BCUT2D eigenvalue weighted by Gasteiger charge is -2.28. The third kappa shape index (κ3) is 5.77. The molecule has 0 atom stereocenters. The molecule has 0 amide bonds. The summed E-state index contributed by atoms with van der Waals surface area (Å²) >= 11 is 0. The molecule has 0 bridgehead atoms. The van der Waals surface area contributed by atoms with Crippen LogP contribution in [0.5, 0.6) is 11.6 Å². The van der Waals surface area contributed by atoms with Gasteiger partial charge < -0.3 is 30.2 Å². The largest absolute Gasteiger partial charge is 0.490 e. The average molecular weight is 428 g/mol. The Kier molecular flexibility index (Phi) is 7.43. The minimum Gasteiger partial charge on any atom is -0.490 e. The maximum absolute atomic E-state index is 6.05. The molecule has 8 heteroatoms. The Morgan fingerprint density at radius 2 is 1.81 bits per heavy atom. The van der Waals surface area contributed by atoms with Gasteiger partial charge in [-0.25, -0.2) is 4.98 Å². The molecule has 4 rings (SSSR count). The molecule has 3 N–H and O–H groups in total. The van der Waals surface area contributed by atoms with Gasteiger partial charge >= 0.3 is 0 Å². The van der Waals surface area contributed by atoms with Crippen LogP contribution in [0.25, 0.3) is 0 Å². The van der Waals surface area contributed by atoms with E-state index in [1.54, 1.807) is 13.3 Å². The van der Waals surface area contributed by atoms with Gasteiger partial charge in [-0.3, -0.25) is 0 Å². The maximum Gasteiger partial charge on any atom is 0.262 e. The van der Waals surface area contributed by atoms with Crippen molar-refractivity contribution in [3.05, 3.63) is 30.5 Å². The van der Waals surface area contributed by atoms with Crippen molar-refractivity contribution in [3.8, 4) is 11.6 Å². The van der Waals surface area contributed by atoms with E-state index in [1.165, 1.54) is 18.5 Å². The number of ether oxygens (including phenoxy) is 3. The van der Waals surface area contributed by atoms with E-state index in [0.29, 0.717) is 36.0 Å². The summed E-state index contributed by atoms with van der Waals surface area (Å²) in [6.07, 6.45) is 6.31. The van der Waals surface area contributed by atoms with Crippen LogP contribution in [0.1, 0.15) is 25.7 Å². The van der Waals surface area contributed by atoms with E-state index in [-0.39, 0.29) is 0 Å². The Labute approximate surface area is 184 Å². The van der Waals surface area contributed by atoms with Crippen molar-refractivity contribution in [2.75, 3.05) is 56.8 Å². The molecule has 1 aliphatic heterocycles. The number of rotatable bonds is 8. The molecule has 1 aromatic carbocycles. The van der Waals surface area contributed by atoms with Crippen molar-refractivity contribution in [1.29, 1.82) is 0 Å². The van der Waals surface area contributed by atoms with Crippen LogP contribution in [0, 0.1) is 11.8 Å². The van der Waals surface area contributed by atoms with Crippen molar-refractivity contribution in [2.24, 2.45) is 17.6 Å². The summed E-state index contributed by atoms with van der Waals surface area (Å²) in [5.74, 6) is 2.71. The highest BCUT2D eigenvalue weighted by molar-refractivity contribution is 5.60. The van der Waals surface area contributed by atoms with Crippen LogP contribution < -0.4 is 25.4 Å². The molecule has 1 saturated heterocycles. The van der Waals surface area contributed by atoms with E-state index < -0.39 is 0 Å². The Bertz CT molecular complexity index is 818. The summed E-state index contributed by atoms with van der Waals surface area (Å²) in [6, 6.07) is 8.28. The Hall–Kier alpha value is -2.58. The topological polar surface area (TPSA) is 94.8 Å². The second-order valence-electron chi connectivity index (χ2n) is 8.27. The van der Waals surface area contributed by atoms with Crippen LogP contribution in [0.2, 0.25) is 0 Å². The third-order valence-electron chi connectivity index (χ3n) is 6.20. The SMILES string of the molecule is COc1cnc(Nc2ccc(N3CCOCC3)cc2)nc1OC[C@H]1CC[C@H](CN)CC1. The predicted octanol–water partition coefficient (Wildman–Crippen LogP) is 3.21. The summed E-state index contributed by atoms with van der Waals surface area (Å²) in [6.45, 7) is 4.81. The summed E-state index contributed by atoms with van der Waals surface area (Å²) in [4.78, 5) is 11.2. The van der Waals surface area contributed by atoms with Crippen molar-refractivity contribution < 1.29 is 14.2 Å². The fourth-order valence-corrected chi connectivity index (χ4v) is 4.20. The molecule has 2 fully saturated rings. The number of morpholine rings is 1. The first-order valence-electron chi connectivity index (χ1n) is 11.2. The molecule has 0 unspecified atom stereocenters. The van der Waals surface area contributed by atoms with Crippen molar-refractivity contribution in [3.63, 3.8) is 0 Å². The number of nitrogens with one attached hydrogen (secondary N) is 1. The summed E-state index contributed by atoms with van der Waals surface area (Å²) in [5, 5.41) is 3.26. The first kappa shape index (κ1) is 21.6. The lowest BCUT2D eigenvalue weighted by Crippen LogP contribution is -2.36. The van der Waals surface area contributed by atoms with Crippen LogP contribution in [0.15, 0.2) is 30.5 Å². The van der Waals surface area contributed by atoms with Gasteiger partial charge in [0.25, 0.3) is 5.88 Å². The minimum absolute atomic E-state index is 0.478. The Morgan fingerprint density at radius 1 is 1.10 bits per heavy atom. The van der Waals surface area contributed by atoms with Gasteiger partial charge in [-0.15, -0.1) is 0 Å². The van der Waals surface area contributed by atoms with Gasteiger partial charge in [0.1, 0.15) is 0 Å². The van der Waals surface area contributed by atoms with E-state index in [2.05, 4.69) is 32.3 Å². The highest BCUT2D eigenvalue weighted by atomic mass is 16.5. The van der Waals surface area contributed by atoms with Crippen LogP contribution in [0.4, 0.5) is 17.3 Å². The van der Waals surface area contributed by atoms with Gasteiger partial charge in [0.05, 0.1) is 33.1 Å². The van der Waals surface area contributed by atoms with E-state index >= 15 is 0 Å². The number of hydrogen-bond acceptors (Lipinski definition) is 8. The highest BCUT2D eigenvalue weighted by Crippen LogP contribution is 2.31. The smallest absolute Gasteiger partial charge is 0.262 e.